The number of hydrogen-bond acceptors (Lipinski definition) is 6. The van der Waals surface area contributed by atoms with Crippen molar-refractivity contribution >= 4 is 30.8 Å². The molecule has 0 aliphatic carbocycles. The summed E-state index contributed by atoms with van der Waals surface area (Å²) in [5, 5.41) is 4.56. The summed E-state index contributed by atoms with van der Waals surface area (Å²) in [5.74, 6) is -3.79. The molecule has 0 unspecified atom stereocenters. The highest BCUT2D eigenvalue weighted by Gasteiger charge is 2.37. The van der Waals surface area contributed by atoms with Crippen LogP contribution in [0.2, 0.25) is 25.7 Å². The molecular formula is C30H40F5N5O4Si. The fraction of sp³-hybridized carbons (Fsp3) is 0.533. The SMILES string of the molecule is C[C@@H]1CN(CCCNC(=O)Nc2cc(F)c(Oc3ccnc4c3c(C(F)(F)F)cn4COCC[Si](C)(C)C)c(F)c2)C[C@@H](C)O1. The third kappa shape index (κ3) is 9.61. The Hall–Kier alpha value is -3.27. The van der Waals surface area contributed by atoms with Crippen LogP contribution >= 0.6 is 0 Å². The lowest BCUT2D eigenvalue weighted by molar-refractivity contribution is -0.136. The van der Waals surface area contributed by atoms with Crippen LogP contribution in [0, 0.1) is 11.6 Å². The molecule has 2 aromatic heterocycles. The number of nitrogens with zero attached hydrogens (tertiary/aromatic N) is 3. The average Bonchev–Trinajstić information content (AvgIpc) is 3.30. The van der Waals surface area contributed by atoms with Crippen LogP contribution in [0.5, 0.6) is 11.5 Å². The van der Waals surface area contributed by atoms with Gasteiger partial charge < -0.3 is 29.4 Å². The molecule has 3 heterocycles. The van der Waals surface area contributed by atoms with Crippen LogP contribution in [0.15, 0.2) is 30.6 Å². The summed E-state index contributed by atoms with van der Waals surface area (Å²) in [6.45, 7) is 13.3. The van der Waals surface area contributed by atoms with Gasteiger partial charge in [0, 0.05) is 71.1 Å². The second-order valence-corrected chi connectivity index (χ2v) is 18.1. The molecule has 0 saturated carbocycles. The average molecular weight is 658 g/mol. The van der Waals surface area contributed by atoms with Crippen molar-refractivity contribution in [3.8, 4) is 11.5 Å². The van der Waals surface area contributed by atoms with E-state index < -0.39 is 54.4 Å². The molecular weight excluding hydrogens is 617 g/mol. The van der Waals surface area contributed by atoms with Gasteiger partial charge in [-0.1, -0.05) is 19.6 Å². The van der Waals surface area contributed by atoms with Gasteiger partial charge in [-0.3, -0.25) is 4.90 Å². The number of urea groups is 1. The molecule has 2 atom stereocenters. The molecule has 15 heteroatoms. The lowest BCUT2D eigenvalue weighted by Crippen LogP contribution is -2.46. The Bertz CT molecular complexity index is 1450. The maximum Gasteiger partial charge on any atom is 0.418 e. The van der Waals surface area contributed by atoms with Gasteiger partial charge in [-0.25, -0.2) is 18.6 Å². The molecule has 0 bridgehead atoms. The van der Waals surface area contributed by atoms with E-state index in [4.69, 9.17) is 14.2 Å². The van der Waals surface area contributed by atoms with E-state index in [2.05, 4.69) is 40.2 Å². The Morgan fingerprint density at radius 2 is 1.80 bits per heavy atom. The summed E-state index contributed by atoms with van der Waals surface area (Å²) in [4.78, 5) is 18.6. The predicted molar refractivity (Wildman–Crippen MR) is 163 cm³/mol. The highest BCUT2D eigenvalue weighted by atomic mass is 28.3. The largest absolute Gasteiger partial charge is 0.450 e. The van der Waals surface area contributed by atoms with Crippen molar-refractivity contribution in [1.82, 2.24) is 19.8 Å². The van der Waals surface area contributed by atoms with E-state index in [0.717, 1.165) is 50.1 Å². The van der Waals surface area contributed by atoms with E-state index >= 15 is 8.78 Å². The molecule has 248 valence electrons. The fourth-order valence-electron chi connectivity index (χ4n) is 5.11. The van der Waals surface area contributed by atoms with Gasteiger partial charge >= 0.3 is 12.2 Å². The smallest absolute Gasteiger partial charge is 0.418 e. The number of benzene rings is 1. The van der Waals surface area contributed by atoms with Crippen molar-refractivity contribution in [2.24, 2.45) is 0 Å². The number of hydrogen-bond donors (Lipinski definition) is 2. The fourth-order valence-corrected chi connectivity index (χ4v) is 5.87. The van der Waals surface area contributed by atoms with Gasteiger partial charge in [0.1, 0.15) is 18.1 Å². The van der Waals surface area contributed by atoms with Crippen LogP contribution in [0.4, 0.5) is 32.4 Å². The Morgan fingerprint density at radius 3 is 2.42 bits per heavy atom. The summed E-state index contributed by atoms with van der Waals surface area (Å²) < 4.78 is 90.1. The standard InChI is InChI=1S/C30H40F5N5O4Si/c1-19-15-39(16-20(2)43-19)10-6-8-37-29(41)38-21-13-23(31)27(24(32)14-21)44-25-7-9-36-28-26(25)22(30(33,34)35)17-40(28)18-42-11-12-45(3,4)5/h7,9,13-14,17,19-20H,6,8,10-12,15-16,18H2,1-5H3,(H2,37,38,41)/t19-,20-/m1/s1. The Balaban J connectivity index is 1.43. The van der Waals surface area contributed by atoms with Crippen LogP contribution in [-0.4, -0.2) is 73.5 Å². The molecule has 2 amide bonds. The number of alkyl halides is 3. The molecule has 0 spiro atoms. The number of fused-ring (bicyclic) bond motifs is 1. The van der Waals surface area contributed by atoms with Gasteiger partial charge in [0.15, 0.2) is 17.4 Å². The maximum atomic E-state index is 15.1. The van der Waals surface area contributed by atoms with E-state index in [-0.39, 0.29) is 30.3 Å². The number of carbonyl (C=O) groups is 1. The molecule has 1 aliphatic heterocycles. The van der Waals surface area contributed by atoms with E-state index in [0.29, 0.717) is 19.6 Å². The van der Waals surface area contributed by atoms with Gasteiger partial charge in [0.2, 0.25) is 0 Å². The maximum absolute atomic E-state index is 15.1. The van der Waals surface area contributed by atoms with Gasteiger partial charge in [-0.15, -0.1) is 0 Å². The highest BCUT2D eigenvalue weighted by molar-refractivity contribution is 6.76. The van der Waals surface area contributed by atoms with Gasteiger partial charge in [-0.2, -0.15) is 13.2 Å². The van der Waals surface area contributed by atoms with E-state index in [1.165, 1.54) is 10.8 Å². The molecule has 45 heavy (non-hydrogen) atoms. The van der Waals surface area contributed by atoms with Crippen molar-refractivity contribution in [3.63, 3.8) is 0 Å². The minimum Gasteiger partial charge on any atom is -0.450 e. The Kier molecular flexibility index (Phi) is 11.1. The summed E-state index contributed by atoms with van der Waals surface area (Å²) in [5.41, 5.74) is -1.38. The highest BCUT2D eigenvalue weighted by Crippen LogP contribution is 2.42. The summed E-state index contributed by atoms with van der Waals surface area (Å²) >= 11 is 0. The normalized spacial score (nSPS) is 17.9. The van der Waals surface area contributed by atoms with Crippen LogP contribution < -0.4 is 15.4 Å². The van der Waals surface area contributed by atoms with Gasteiger partial charge in [0.25, 0.3) is 0 Å². The number of halogens is 5. The molecule has 4 rings (SSSR count). The molecule has 0 radical (unpaired) electrons. The minimum absolute atomic E-state index is 0.110. The van der Waals surface area contributed by atoms with Crippen molar-refractivity contribution in [1.29, 1.82) is 0 Å². The molecule has 1 aromatic carbocycles. The lowest BCUT2D eigenvalue weighted by atomic mass is 10.2. The van der Waals surface area contributed by atoms with Gasteiger partial charge in [0.05, 0.1) is 23.2 Å². The number of amides is 2. The first-order valence-electron chi connectivity index (χ1n) is 14.8. The number of morpholine rings is 1. The Labute approximate surface area is 260 Å². The first-order valence-corrected chi connectivity index (χ1v) is 18.5. The number of pyridine rings is 1. The van der Waals surface area contributed by atoms with Crippen molar-refractivity contribution in [3.05, 3.63) is 47.8 Å². The number of nitrogens with one attached hydrogen (secondary N) is 2. The third-order valence-electron chi connectivity index (χ3n) is 7.15. The molecule has 1 aliphatic rings. The summed E-state index contributed by atoms with van der Waals surface area (Å²) in [6.07, 6.45) is -1.85. The minimum atomic E-state index is -4.81. The first kappa shape index (κ1) is 34.6. The van der Waals surface area contributed by atoms with Crippen LogP contribution in [0.25, 0.3) is 11.0 Å². The van der Waals surface area contributed by atoms with Gasteiger partial charge in [-0.05, 0) is 32.4 Å². The van der Waals surface area contributed by atoms with Crippen LogP contribution in [-0.2, 0) is 22.4 Å². The topological polar surface area (TPSA) is 89.9 Å². The van der Waals surface area contributed by atoms with E-state index in [1.54, 1.807) is 0 Å². The summed E-state index contributed by atoms with van der Waals surface area (Å²) in [7, 11) is -1.42. The van der Waals surface area contributed by atoms with E-state index in [1.807, 2.05) is 13.8 Å². The van der Waals surface area contributed by atoms with Crippen LogP contribution in [0.1, 0.15) is 25.8 Å². The van der Waals surface area contributed by atoms with Crippen molar-refractivity contribution in [2.45, 2.75) is 71.1 Å². The number of aromatic nitrogens is 2. The number of rotatable bonds is 12. The molecule has 3 aromatic rings. The Morgan fingerprint density at radius 1 is 1.13 bits per heavy atom. The zero-order valence-electron chi connectivity index (χ0n) is 26.1. The second kappa shape index (κ2) is 14.4. The third-order valence-corrected chi connectivity index (χ3v) is 8.86. The summed E-state index contributed by atoms with van der Waals surface area (Å²) in [6, 6.07) is 2.92. The molecule has 1 fully saturated rings. The monoisotopic (exact) mass is 657 g/mol. The zero-order chi connectivity index (χ0) is 32.9. The quantitative estimate of drug-likeness (QED) is 0.123. The number of anilines is 1. The molecule has 1 saturated heterocycles. The van der Waals surface area contributed by atoms with Crippen molar-refractivity contribution < 1.29 is 41.0 Å². The first-order chi connectivity index (χ1) is 21.1. The lowest BCUT2D eigenvalue weighted by Gasteiger charge is -2.35. The zero-order valence-corrected chi connectivity index (χ0v) is 27.1. The van der Waals surface area contributed by atoms with Crippen molar-refractivity contribution in [2.75, 3.05) is 38.1 Å². The molecule has 9 nitrogen and oxygen atoms in total. The van der Waals surface area contributed by atoms with Crippen LogP contribution in [0.3, 0.4) is 0 Å². The number of ether oxygens (including phenoxy) is 3. The molecule has 2 N–H and O–H groups in total. The second-order valence-electron chi connectivity index (χ2n) is 12.5. The predicted octanol–water partition coefficient (Wildman–Crippen LogP) is 7.06. The van der Waals surface area contributed by atoms with E-state index in [9.17, 15) is 18.0 Å². The number of carbonyl (C=O) groups excluding carboxylic acids is 1.